The van der Waals surface area contributed by atoms with Gasteiger partial charge in [0.05, 0.1) is 6.54 Å². The standard InChI is InChI=1S/C11H15N7/c12-15-11-9(2-1-3-13-11)6-17-4-5-18-8-14-16-10(18)7-17/h1-3,8H,4-7,12H2,(H,13,15). The van der Waals surface area contributed by atoms with Crippen LogP contribution in [0, 0.1) is 0 Å². The number of hydrazine groups is 1. The van der Waals surface area contributed by atoms with E-state index in [0.717, 1.165) is 43.4 Å². The van der Waals surface area contributed by atoms with Crippen LogP contribution in [0.25, 0.3) is 0 Å². The van der Waals surface area contributed by atoms with Crippen LogP contribution >= 0.6 is 0 Å². The molecule has 2 aromatic rings. The number of hydrogen-bond donors (Lipinski definition) is 2. The van der Waals surface area contributed by atoms with Crippen molar-refractivity contribution in [3.05, 3.63) is 36.0 Å². The highest BCUT2D eigenvalue weighted by Crippen LogP contribution is 2.16. The molecule has 0 saturated heterocycles. The Kier molecular flexibility index (Phi) is 2.91. The van der Waals surface area contributed by atoms with E-state index in [4.69, 9.17) is 5.84 Å². The number of fused-ring (bicyclic) bond motifs is 1. The van der Waals surface area contributed by atoms with Crippen molar-refractivity contribution < 1.29 is 0 Å². The summed E-state index contributed by atoms with van der Waals surface area (Å²) in [5.74, 6) is 7.19. The number of rotatable bonds is 3. The minimum atomic E-state index is 0.726. The summed E-state index contributed by atoms with van der Waals surface area (Å²) in [4.78, 5) is 6.51. The average Bonchev–Trinajstić information content (AvgIpc) is 2.87. The first kappa shape index (κ1) is 11.1. The van der Waals surface area contributed by atoms with Crippen molar-refractivity contribution in [2.75, 3.05) is 12.0 Å². The van der Waals surface area contributed by atoms with Crippen LogP contribution in [-0.2, 0) is 19.6 Å². The smallest absolute Gasteiger partial charge is 0.147 e. The summed E-state index contributed by atoms with van der Waals surface area (Å²) in [5.41, 5.74) is 3.72. The van der Waals surface area contributed by atoms with Crippen molar-refractivity contribution in [2.24, 2.45) is 5.84 Å². The van der Waals surface area contributed by atoms with Crippen LogP contribution in [-0.4, -0.2) is 31.2 Å². The Labute approximate surface area is 105 Å². The molecule has 0 fully saturated rings. The molecule has 0 saturated carbocycles. The van der Waals surface area contributed by atoms with E-state index in [0.29, 0.717) is 0 Å². The van der Waals surface area contributed by atoms with E-state index in [1.807, 2.05) is 12.1 Å². The van der Waals surface area contributed by atoms with Gasteiger partial charge >= 0.3 is 0 Å². The van der Waals surface area contributed by atoms with Crippen LogP contribution in [0.2, 0.25) is 0 Å². The van der Waals surface area contributed by atoms with Gasteiger partial charge in [0, 0.05) is 31.4 Å². The Hall–Kier alpha value is -1.99. The Balaban J connectivity index is 1.74. The molecule has 0 unspecified atom stereocenters. The van der Waals surface area contributed by atoms with Gasteiger partial charge < -0.3 is 9.99 Å². The van der Waals surface area contributed by atoms with Crippen molar-refractivity contribution in [1.29, 1.82) is 0 Å². The summed E-state index contributed by atoms with van der Waals surface area (Å²) >= 11 is 0. The predicted molar refractivity (Wildman–Crippen MR) is 66.2 cm³/mol. The largest absolute Gasteiger partial charge is 0.315 e. The zero-order valence-corrected chi connectivity index (χ0v) is 9.95. The number of anilines is 1. The third kappa shape index (κ3) is 2.05. The number of pyridine rings is 1. The molecule has 3 heterocycles. The molecule has 0 aliphatic carbocycles. The zero-order valence-electron chi connectivity index (χ0n) is 9.95. The molecule has 3 rings (SSSR count). The second-order valence-electron chi connectivity index (χ2n) is 4.31. The molecule has 7 heteroatoms. The second kappa shape index (κ2) is 4.71. The number of nitrogens with one attached hydrogen (secondary N) is 1. The van der Waals surface area contributed by atoms with Crippen molar-refractivity contribution in [1.82, 2.24) is 24.6 Å². The maximum atomic E-state index is 5.46. The number of nitrogen functional groups attached to an aromatic ring is 1. The number of nitrogens with two attached hydrogens (primary N) is 1. The Morgan fingerprint density at radius 2 is 2.33 bits per heavy atom. The van der Waals surface area contributed by atoms with Crippen LogP contribution in [0.3, 0.4) is 0 Å². The van der Waals surface area contributed by atoms with Gasteiger partial charge in [-0.05, 0) is 6.07 Å². The zero-order chi connectivity index (χ0) is 12.4. The minimum absolute atomic E-state index is 0.726. The van der Waals surface area contributed by atoms with Gasteiger partial charge in [-0.25, -0.2) is 10.8 Å². The lowest BCUT2D eigenvalue weighted by atomic mass is 10.2. The molecule has 3 N–H and O–H groups in total. The molecule has 0 radical (unpaired) electrons. The minimum Gasteiger partial charge on any atom is -0.315 e. The molecular weight excluding hydrogens is 230 g/mol. The summed E-state index contributed by atoms with van der Waals surface area (Å²) in [6.07, 6.45) is 3.51. The number of aromatic nitrogens is 4. The molecule has 1 aliphatic heterocycles. The second-order valence-corrected chi connectivity index (χ2v) is 4.31. The summed E-state index contributed by atoms with van der Waals surface area (Å²) in [5, 5.41) is 8.03. The van der Waals surface area contributed by atoms with Gasteiger partial charge in [0.15, 0.2) is 0 Å². The lowest BCUT2D eigenvalue weighted by Gasteiger charge is -2.27. The maximum absolute atomic E-state index is 5.46. The highest BCUT2D eigenvalue weighted by molar-refractivity contribution is 5.42. The molecule has 0 bridgehead atoms. The third-order valence-corrected chi connectivity index (χ3v) is 3.14. The van der Waals surface area contributed by atoms with Gasteiger partial charge in [0.2, 0.25) is 0 Å². The first-order valence-corrected chi connectivity index (χ1v) is 5.86. The van der Waals surface area contributed by atoms with E-state index in [1.165, 1.54) is 0 Å². The van der Waals surface area contributed by atoms with Gasteiger partial charge in [-0.1, -0.05) is 6.07 Å². The van der Waals surface area contributed by atoms with E-state index in [-0.39, 0.29) is 0 Å². The van der Waals surface area contributed by atoms with E-state index in [1.54, 1.807) is 12.5 Å². The van der Waals surface area contributed by atoms with E-state index in [2.05, 4.69) is 30.1 Å². The normalized spacial score (nSPS) is 15.4. The molecule has 18 heavy (non-hydrogen) atoms. The van der Waals surface area contributed by atoms with Crippen molar-refractivity contribution in [2.45, 2.75) is 19.6 Å². The molecule has 94 valence electrons. The van der Waals surface area contributed by atoms with Crippen molar-refractivity contribution in [3.63, 3.8) is 0 Å². The summed E-state index contributed by atoms with van der Waals surface area (Å²) in [6, 6.07) is 3.95. The van der Waals surface area contributed by atoms with Crippen LogP contribution in [0.15, 0.2) is 24.7 Å². The molecule has 2 aromatic heterocycles. The van der Waals surface area contributed by atoms with Gasteiger partial charge in [0.1, 0.15) is 18.0 Å². The first-order chi connectivity index (χ1) is 8.86. The van der Waals surface area contributed by atoms with E-state index >= 15 is 0 Å². The monoisotopic (exact) mass is 245 g/mol. The SMILES string of the molecule is NNc1ncccc1CN1CCn2cnnc2C1. The Bertz CT molecular complexity index is 536. The fraction of sp³-hybridized carbons (Fsp3) is 0.364. The van der Waals surface area contributed by atoms with Gasteiger partial charge in [-0.2, -0.15) is 0 Å². The van der Waals surface area contributed by atoms with Gasteiger partial charge in [-0.3, -0.25) is 4.90 Å². The third-order valence-electron chi connectivity index (χ3n) is 3.14. The lowest BCUT2D eigenvalue weighted by Crippen LogP contribution is -2.33. The topological polar surface area (TPSA) is 84.9 Å². The predicted octanol–water partition coefficient (Wildman–Crippen LogP) is -0.0255. The molecule has 0 spiro atoms. The fourth-order valence-electron chi connectivity index (χ4n) is 2.19. The quantitative estimate of drug-likeness (QED) is 0.583. The molecular formula is C11H15N7. The molecule has 7 nitrogen and oxygen atoms in total. The summed E-state index contributed by atoms with van der Waals surface area (Å²) < 4.78 is 2.09. The fourth-order valence-corrected chi connectivity index (χ4v) is 2.19. The Morgan fingerprint density at radius 3 is 3.22 bits per heavy atom. The molecule has 0 amide bonds. The lowest BCUT2D eigenvalue weighted by molar-refractivity contribution is 0.209. The number of hydrogen-bond acceptors (Lipinski definition) is 6. The highest BCUT2D eigenvalue weighted by atomic mass is 15.3. The number of nitrogens with zero attached hydrogens (tertiary/aromatic N) is 5. The molecule has 0 aromatic carbocycles. The van der Waals surface area contributed by atoms with Crippen LogP contribution in [0.5, 0.6) is 0 Å². The van der Waals surface area contributed by atoms with Crippen molar-refractivity contribution >= 4 is 5.82 Å². The van der Waals surface area contributed by atoms with Gasteiger partial charge in [-0.15, -0.1) is 10.2 Å². The maximum Gasteiger partial charge on any atom is 0.147 e. The van der Waals surface area contributed by atoms with Crippen LogP contribution < -0.4 is 11.3 Å². The van der Waals surface area contributed by atoms with E-state index < -0.39 is 0 Å². The molecule has 0 atom stereocenters. The summed E-state index contributed by atoms with van der Waals surface area (Å²) in [6.45, 7) is 3.51. The Morgan fingerprint density at radius 1 is 1.39 bits per heavy atom. The highest BCUT2D eigenvalue weighted by Gasteiger charge is 2.18. The summed E-state index contributed by atoms with van der Waals surface area (Å²) in [7, 11) is 0. The van der Waals surface area contributed by atoms with Gasteiger partial charge in [0.25, 0.3) is 0 Å². The first-order valence-electron chi connectivity index (χ1n) is 5.86. The van der Waals surface area contributed by atoms with Crippen molar-refractivity contribution in [3.8, 4) is 0 Å². The van der Waals surface area contributed by atoms with Crippen LogP contribution in [0.1, 0.15) is 11.4 Å². The molecule has 1 aliphatic rings. The average molecular weight is 245 g/mol. The van der Waals surface area contributed by atoms with E-state index in [9.17, 15) is 0 Å². The van der Waals surface area contributed by atoms with Crippen LogP contribution in [0.4, 0.5) is 5.82 Å².